The van der Waals surface area contributed by atoms with Gasteiger partial charge in [-0.2, -0.15) is 15.2 Å². The molecule has 3 rings (SSSR count). The van der Waals surface area contributed by atoms with Crippen LogP contribution in [-0.4, -0.2) is 40.8 Å². The number of tetrazole rings is 2. The molecule has 0 saturated carbocycles. The third-order valence-corrected chi connectivity index (χ3v) is 2.81. The molecule has 1 aromatic carbocycles. The Balaban J connectivity index is 1.85. The first-order chi connectivity index (χ1) is 10.8. The summed E-state index contributed by atoms with van der Waals surface area (Å²) in [5, 5.41) is 36.7. The van der Waals surface area contributed by atoms with Gasteiger partial charge < -0.3 is 5.32 Å². The topological polar surface area (TPSA) is 134 Å². The molecule has 0 amide bonds. The van der Waals surface area contributed by atoms with Crippen LogP contribution in [0.4, 0.5) is 5.69 Å². The van der Waals surface area contributed by atoms with Crippen LogP contribution < -0.4 is 5.32 Å². The van der Waals surface area contributed by atoms with Crippen LogP contribution in [0.3, 0.4) is 0 Å². The van der Waals surface area contributed by atoms with E-state index >= 15 is 0 Å². The number of aromatic nitrogens is 8. The van der Waals surface area contributed by atoms with Gasteiger partial charge in [0.05, 0.1) is 5.69 Å². The van der Waals surface area contributed by atoms with Crippen molar-refractivity contribution >= 4 is 11.3 Å². The van der Waals surface area contributed by atoms with E-state index in [1.807, 2.05) is 37.3 Å². The van der Waals surface area contributed by atoms with Crippen LogP contribution in [0, 0.1) is 18.3 Å². The number of aryl methyl sites for hydroxylation is 1. The van der Waals surface area contributed by atoms with Gasteiger partial charge in [0.1, 0.15) is 11.6 Å². The van der Waals surface area contributed by atoms with Crippen LogP contribution in [0.25, 0.3) is 11.3 Å². The maximum absolute atomic E-state index is 9.11. The molecule has 0 fully saturated rings. The molecule has 108 valence electrons. The van der Waals surface area contributed by atoms with E-state index in [1.54, 1.807) is 4.68 Å². The van der Waals surface area contributed by atoms with E-state index in [9.17, 15) is 0 Å². The Morgan fingerprint density at radius 3 is 3.00 bits per heavy atom. The van der Waals surface area contributed by atoms with Gasteiger partial charge in [-0.05, 0) is 40.8 Å². The molecule has 0 aliphatic carbocycles. The molecule has 0 atom stereocenters. The molecule has 0 unspecified atom stereocenters. The molecule has 3 aromatic rings. The molecule has 0 bridgehead atoms. The van der Waals surface area contributed by atoms with Crippen LogP contribution in [0.5, 0.6) is 0 Å². The average Bonchev–Trinajstić information content (AvgIpc) is 3.20. The van der Waals surface area contributed by atoms with E-state index in [1.165, 1.54) is 6.20 Å². The predicted octanol–water partition coefficient (Wildman–Crippen LogP) is 0.460. The van der Waals surface area contributed by atoms with Crippen molar-refractivity contribution < 1.29 is 0 Å². The Kier molecular flexibility index (Phi) is 3.52. The van der Waals surface area contributed by atoms with Gasteiger partial charge in [-0.15, -0.1) is 15.3 Å². The fourth-order valence-corrected chi connectivity index (χ4v) is 1.78. The molecule has 0 aliphatic heterocycles. The maximum atomic E-state index is 9.11. The number of aromatic amines is 1. The quantitative estimate of drug-likeness (QED) is 0.663. The smallest absolute Gasteiger partial charge is 0.216 e. The number of H-pyrrole nitrogens is 1. The van der Waals surface area contributed by atoms with E-state index in [0.717, 1.165) is 11.4 Å². The van der Waals surface area contributed by atoms with Crippen molar-refractivity contribution in [1.82, 2.24) is 40.8 Å². The van der Waals surface area contributed by atoms with Crippen molar-refractivity contribution in [2.24, 2.45) is 0 Å². The third-order valence-electron chi connectivity index (χ3n) is 2.81. The Bertz CT molecular complexity index is 839. The van der Waals surface area contributed by atoms with Crippen molar-refractivity contribution in [3.05, 3.63) is 42.1 Å². The molecule has 2 aromatic heterocycles. The summed E-state index contributed by atoms with van der Waals surface area (Å²) in [6.45, 7) is 1.81. The van der Waals surface area contributed by atoms with Crippen molar-refractivity contribution in [3.63, 3.8) is 0 Å². The summed E-state index contributed by atoms with van der Waals surface area (Å²) in [6, 6.07) is 9.44. The number of anilines is 1. The summed E-state index contributed by atoms with van der Waals surface area (Å²) in [5.41, 5.74) is 1.83. The van der Waals surface area contributed by atoms with E-state index in [0.29, 0.717) is 5.82 Å². The van der Waals surface area contributed by atoms with Gasteiger partial charge >= 0.3 is 0 Å². The highest BCUT2D eigenvalue weighted by Gasteiger charge is 2.06. The summed E-state index contributed by atoms with van der Waals surface area (Å²) in [4.78, 5) is 0. The minimum atomic E-state index is 0.225. The van der Waals surface area contributed by atoms with Gasteiger partial charge in [0, 0.05) is 11.9 Å². The lowest BCUT2D eigenvalue weighted by Gasteiger charge is -2.05. The van der Waals surface area contributed by atoms with Gasteiger partial charge in [0.25, 0.3) is 0 Å². The SMILES string of the molecule is Cc1nnnn1-c1cccc(NC=C(C#N)c2nn[nH]n2)c1. The molecule has 10 nitrogen and oxygen atoms in total. The van der Waals surface area contributed by atoms with Crippen LogP contribution in [0.1, 0.15) is 11.6 Å². The van der Waals surface area contributed by atoms with Crippen molar-refractivity contribution in [2.75, 3.05) is 5.32 Å². The van der Waals surface area contributed by atoms with Gasteiger partial charge in [-0.1, -0.05) is 6.07 Å². The number of nitrogens with one attached hydrogen (secondary N) is 2. The monoisotopic (exact) mass is 294 g/mol. The molecule has 22 heavy (non-hydrogen) atoms. The third kappa shape index (κ3) is 2.63. The van der Waals surface area contributed by atoms with E-state index < -0.39 is 0 Å². The highest BCUT2D eigenvalue weighted by Crippen LogP contribution is 2.15. The standard InChI is InChI=1S/C12H10N10/c1-8-15-20-21-22(8)11-4-2-3-10(5-11)14-7-9(6-13)12-16-18-19-17-12/h2-5,7,14H,1H3,(H,16,17,18,19). The van der Waals surface area contributed by atoms with Crippen molar-refractivity contribution in [1.29, 1.82) is 5.26 Å². The van der Waals surface area contributed by atoms with Crippen molar-refractivity contribution in [3.8, 4) is 11.8 Å². The van der Waals surface area contributed by atoms with Gasteiger partial charge in [0.2, 0.25) is 5.82 Å². The minimum Gasteiger partial charge on any atom is -0.360 e. The summed E-state index contributed by atoms with van der Waals surface area (Å²) >= 11 is 0. The van der Waals surface area contributed by atoms with Crippen LogP contribution >= 0.6 is 0 Å². The number of hydrogen-bond donors (Lipinski definition) is 2. The molecule has 0 aliphatic rings. The lowest BCUT2D eigenvalue weighted by atomic mass is 10.2. The Hall–Kier alpha value is -3.61. The second-order valence-electron chi connectivity index (χ2n) is 4.24. The largest absolute Gasteiger partial charge is 0.360 e. The fourth-order valence-electron chi connectivity index (χ4n) is 1.78. The number of hydrogen-bond acceptors (Lipinski definition) is 8. The zero-order valence-electron chi connectivity index (χ0n) is 11.5. The van der Waals surface area contributed by atoms with Gasteiger partial charge in [0.15, 0.2) is 5.82 Å². The first-order valence-corrected chi connectivity index (χ1v) is 6.24. The molecule has 10 heteroatoms. The van der Waals surface area contributed by atoms with Crippen LogP contribution in [0.15, 0.2) is 30.5 Å². The zero-order chi connectivity index (χ0) is 15.4. The molecular formula is C12H10N10. The summed E-state index contributed by atoms with van der Waals surface area (Å²) < 4.78 is 1.61. The number of benzene rings is 1. The predicted molar refractivity (Wildman–Crippen MR) is 75.3 cm³/mol. The highest BCUT2D eigenvalue weighted by atomic mass is 15.5. The molecular weight excluding hydrogens is 284 g/mol. The van der Waals surface area contributed by atoms with E-state index in [4.69, 9.17) is 5.26 Å². The highest BCUT2D eigenvalue weighted by molar-refractivity contribution is 5.74. The molecule has 2 heterocycles. The average molecular weight is 294 g/mol. The van der Waals surface area contributed by atoms with Crippen molar-refractivity contribution in [2.45, 2.75) is 6.92 Å². The Labute approximate surface area is 124 Å². The van der Waals surface area contributed by atoms with Crippen LogP contribution in [0.2, 0.25) is 0 Å². The van der Waals surface area contributed by atoms with Crippen LogP contribution in [-0.2, 0) is 0 Å². The number of nitriles is 1. The summed E-state index contributed by atoms with van der Waals surface area (Å²) in [7, 11) is 0. The fraction of sp³-hybridized carbons (Fsp3) is 0.0833. The molecule has 0 radical (unpaired) electrons. The number of allylic oxidation sites excluding steroid dienone is 1. The Morgan fingerprint density at radius 2 is 2.32 bits per heavy atom. The summed E-state index contributed by atoms with van der Waals surface area (Å²) in [5.74, 6) is 0.902. The first-order valence-electron chi connectivity index (χ1n) is 6.24. The zero-order valence-corrected chi connectivity index (χ0v) is 11.5. The van der Waals surface area contributed by atoms with E-state index in [2.05, 4.69) is 41.5 Å². The van der Waals surface area contributed by atoms with Gasteiger partial charge in [-0.25, -0.2) is 0 Å². The molecule has 0 saturated heterocycles. The molecule has 2 N–H and O–H groups in total. The second-order valence-corrected chi connectivity index (χ2v) is 4.24. The molecule has 0 spiro atoms. The number of nitrogens with zero attached hydrogens (tertiary/aromatic N) is 8. The first kappa shape index (κ1) is 13.4. The lowest BCUT2D eigenvalue weighted by molar-refractivity contribution is 0.779. The second kappa shape index (κ2) is 5.80. The Morgan fingerprint density at radius 1 is 1.41 bits per heavy atom. The van der Waals surface area contributed by atoms with Gasteiger partial charge in [-0.3, -0.25) is 0 Å². The maximum Gasteiger partial charge on any atom is 0.216 e. The lowest BCUT2D eigenvalue weighted by Crippen LogP contribution is -2.00. The van der Waals surface area contributed by atoms with E-state index in [-0.39, 0.29) is 11.4 Å². The number of rotatable bonds is 4. The minimum absolute atomic E-state index is 0.225. The normalized spacial score (nSPS) is 11.2. The summed E-state index contributed by atoms with van der Waals surface area (Å²) in [6.07, 6.45) is 1.51.